The van der Waals surface area contributed by atoms with Gasteiger partial charge in [0.2, 0.25) is 11.8 Å². The summed E-state index contributed by atoms with van der Waals surface area (Å²) in [6.45, 7) is 2.78. The Morgan fingerprint density at radius 3 is 2.57 bits per heavy atom. The summed E-state index contributed by atoms with van der Waals surface area (Å²) < 4.78 is 37.6. The molecule has 0 aliphatic carbocycles. The van der Waals surface area contributed by atoms with E-state index in [4.69, 9.17) is 0 Å². The molecule has 0 aromatic rings. The number of alkyl halides is 3. The van der Waals surface area contributed by atoms with Crippen LogP contribution in [0.5, 0.6) is 0 Å². The Balaban J connectivity index is 1.87. The molecule has 5 nitrogen and oxygen atoms in total. The molecule has 3 N–H and O–H groups in total. The monoisotopic (exact) mass is 307 g/mol. The molecule has 2 heterocycles. The van der Waals surface area contributed by atoms with Crippen molar-refractivity contribution < 1.29 is 22.8 Å². The Morgan fingerprint density at radius 1 is 1.29 bits per heavy atom. The van der Waals surface area contributed by atoms with Crippen LogP contribution in [0.15, 0.2) is 0 Å². The molecule has 8 heteroatoms. The summed E-state index contributed by atoms with van der Waals surface area (Å²) in [6, 6.07) is -1.59. The van der Waals surface area contributed by atoms with Gasteiger partial charge in [-0.1, -0.05) is 0 Å². The van der Waals surface area contributed by atoms with E-state index < -0.39 is 30.0 Å². The summed E-state index contributed by atoms with van der Waals surface area (Å²) in [6.07, 6.45) is -3.26. The molecule has 21 heavy (non-hydrogen) atoms. The normalized spacial score (nSPS) is 34.2. The van der Waals surface area contributed by atoms with Crippen LogP contribution < -0.4 is 16.0 Å². The van der Waals surface area contributed by atoms with Crippen molar-refractivity contribution in [1.82, 2.24) is 16.0 Å². The number of rotatable bonds is 2. The number of nitrogens with one attached hydrogen (secondary N) is 3. The van der Waals surface area contributed by atoms with Gasteiger partial charge in [0, 0.05) is 12.1 Å². The molecular weight excluding hydrogens is 287 g/mol. The molecule has 0 bridgehead atoms. The highest BCUT2D eigenvalue weighted by atomic mass is 19.4. The minimum Gasteiger partial charge on any atom is -0.353 e. The molecule has 0 radical (unpaired) electrons. The molecule has 2 fully saturated rings. The van der Waals surface area contributed by atoms with Gasteiger partial charge in [-0.2, -0.15) is 13.2 Å². The number of carbonyl (C=O) groups is 2. The van der Waals surface area contributed by atoms with Crippen LogP contribution in [0.3, 0.4) is 0 Å². The summed E-state index contributed by atoms with van der Waals surface area (Å²) >= 11 is 0. The zero-order valence-electron chi connectivity index (χ0n) is 11.8. The quantitative estimate of drug-likeness (QED) is 0.658. The van der Waals surface area contributed by atoms with Gasteiger partial charge < -0.3 is 16.0 Å². The molecule has 0 aromatic carbocycles. The Kier molecular flexibility index (Phi) is 4.75. The Bertz CT molecular complexity index is 414. The van der Waals surface area contributed by atoms with Crippen LogP contribution in [-0.2, 0) is 9.59 Å². The van der Waals surface area contributed by atoms with Gasteiger partial charge >= 0.3 is 6.18 Å². The van der Waals surface area contributed by atoms with Gasteiger partial charge in [-0.15, -0.1) is 0 Å². The third-order valence-electron chi connectivity index (χ3n) is 4.06. The van der Waals surface area contributed by atoms with Crippen molar-refractivity contribution in [1.29, 1.82) is 0 Å². The fourth-order valence-corrected chi connectivity index (χ4v) is 2.87. The SMILES string of the molecule is CC1CC(NC(=O)C2CCC(C(F)(F)F)NC2=O)CCN1. The molecular formula is C13H20F3N3O2. The summed E-state index contributed by atoms with van der Waals surface area (Å²) in [5.41, 5.74) is 0. The maximum absolute atomic E-state index is 12.5. The third kappa shape index (κ3) is 4.09. The maximum Gasteiger partial charge on any atom is 0.408 e. The van der Waals surface area contributed by atoms with Crippen molar-refractivity contribution >= 4 is 11.8 Å². The van der Waals surface area contributed by atoms with Crippen molar-refractivity contribution in [3.8, 4) is 0 Å². The summed E-state index contributed by atoms with van der Waals surface area (Å²) in [5, 5.41) is 7.92. The first-order valence-corrected chi connectivity index (χ1v) is 7.18. The van der Waals surface area contributed by atoms with E-state index in [-0.39, 0.29) is 24.9 Å². The predicted octanol–water partition coefficient (Wildman–Crippen LogP) is 0.700. The Morgan fingerprint density at radius 2 is 2.00 bits per heavy atom. The maximum atomic E-state index is 12.5. The predicted molar refractivity (Wildman–Crippen MR) is 69.3 cm³/mol. The molecule has 2 aliphatic rings. The lowest BCUT2D eigenvalue weighted by atomic mass is 9.91. The van der Waals surface area contributed by atoms with Gasteiger partial charge in [-0.05, 0) is 39.2 Å². The highest BCUT2D eigenvalue weighted by Gasteiger charge is 2.46. The average molecular weight is 307 g/mol. The highest BCUT2D eigenvalue weighted by molar-refractivity contribution is 6.01. The van der Waals surface area contributed by atoms with E-state index >= 15 is 0 Å². The molecule has 120 valence electrons. The summed E-state index contributed by atoms with van der Waals surface area (Å²) in [4.78, 5) is 23.8. The van der Waals surface area contributed by atoms with Crippen LogP contribution in [0, 0.1) is 5.92 Å². The molecule has 2 aliphatic heterocycles. The number of halogens is 3. The molecule has 0 aromatic heterocycles. The second-order valence-corrected chi connectivity index (χ2v) is 5.82. The molecule has 2 amide bonds. The van der Waals surface area contributed by atoms with Crippen LogP contribution in [0.1, 0.15) is 32.6 Å². The number of amides is 2. The van der Waals surface area contributed by atoms with Gasteiger partial charge in [0.15, 0.2) is 0 Å². The van der Waals surface area contributed by atoms with E-state index in [9.17, 15) is 22.8 Å². The number of carbonyl (C=O) groups excluding carboxylic acids is 2. The van der Waals surface area contributed by atoms with E-state index in [1.54, 1.807) is 0 Å². The standard InChI is InChI=1S/C13H20F3N3O2/c1-7-6-8(4-5-17-7)18-11(20)9-2-3-10(13(14,15)16)19-12(9)21/h7-10,17H,2-6H2,1H3,(H,18,20)(H,19,21). The zero-order chi connectivity index (χ0) is 15.6. The van der Waals surface area contributed by atoms with Crippen molar-refractivity contribution in [3.05, 3.63) is 0 Å². The Labute approximate surface area is 121 Å². The number of piperidine rings is 2. The number of hydrogen-bond donors (Lipinski definition) is 3. The lowest BCUT2D eigenvalue weighted by molar-refractivity contribution is -0.171. The first-order valence-electron chi connectivity index (χ1n) is 7.18. The lowest BCUT2D eigenvalue weighted by Crippen LogP contribution is -2.56. The van der Waals surface area contributed by atoms with E-state index in [0.717, 1.165) is 19.4 Å². The first kappa shape index (κ1) is 16.1. The molecule has 2 saturated heterocycles. The smallest absolute Gasteiger partial charge is 0.353 e. The van der Waals surface area contributed by atoms with E-state index in [0.29, 0.717) is 0 Å². The minimum absolute atomic E-state index is 0.0260. The average Bonchev–Trinajstić information content (AvgIpc) is 2.37. The van der Waals surface area contributed by atoms with Gasteiger partial charge in [0.1, 0.15) is 12.0 Å². The highest BCUT2D eigenvalue weighted by Crippen LogP contribution is 2.28. The topological polar surface area (TPSA) is 70.2 Å². The third-order valence-corrected chi connectivity index (χ3v) is 4.06. The molecule has 0 saturated carbocycles. The van der Waals surface area contributed by atoms with Crippen LogP contribution in [0.4, 0.5) is 13.2 Å². The van der Waals surface area contributed by atoms with Crippen molar-refractivity contribution in [2.75, 3.05) is 6.54 Å². The van der Waals surface area contributed by atoms with Crippen LogP contribution >= 0.6 is 0 Å². The fourth-order valence-electron chi connectivity index (χ4n) is 2.87. The van der Waals surface area contributed by atoms with Gasteiger partial charge in [0.05, 0.1) is 0 Å². The summed E-state index contributed by atoms with van der Waals surface area (Å²) in [5.74, 6) is -2.32. The van der Waals surface area contributed by atoms with Crippen molar-refractivity contribution in [3.63, 3.8) is 0 Å². The van der Waals surface area contributed by atoms with Gasteiger partial charge in [-0.25, -0.2) is 0 Å². The van der Waals surface area contributed by atoms with Gasteiger partial charge in [-0.3, -0.25) is 9.59 Å². The molecule has 0 spiro atoms. The van der Waals surface area contributed by atoms with Crippen LogP contribution in [0.25, 0.3) is 0 Å². The molecule has 4 atom stereocenters. The summed E-state index contributed by atoms with van der Waals surface area (Å²) in [7, 11) is 0. The van der Waals surface area contributed by atoms with Crippen LogP contribution in [0.2, 0.25) is 0 Å². The van der Waals surface area contributed by atoms with Crippen molar-refractivity contribution in [2.24, 2.45) is 5.92 Å². The van der Waals surface area contributed by atoms with Crippen molar-refractivity contribution in [2.45, 2.75) is 56.9 Å². The van der Waals surface area contributed by atoms with E-state index in [1.807, 2.05) is 12.2 Å². The van der Waals surface area contributed by atoms with Gasteiger partial charge in [0.25, 0.3) is 0 Å². The second-order valence-electron chi connectivity index (χ2n) is 5.82. The first-order chi connectivity index (χ1) is 9.77. The van der Waals surface area contributed by atoms with Crippen LogP contribution in [-0.4, -0.2) is 42.7 Å². The van der Waals surface area contributed by atoms with E-state index in [1.165, 1.54) is 0 Å². The zero-order valence-corrected chi connectivity index (χ0v) is 11.8. The lowest BCUT2D eigenvalue weighted by Gasteiger charge is -2.32. The second kappa shape index (κ2) is 6.21. The largest absolute Gasteiger partial charge is 0.408 e. The molecule has 4 unspecified atom stereocenters. The number of hydrogen-bond acceptors (Lipinski definition) is 3. The fraction of sp³-hybridized carbons (Fsp3) is 0.846. The Hall–Kier alpha value is -1.31. The van der Waals surface area contributed by atoms with E-state index in [2.05, 4.69) is 10.6 Å². The molecule has 2 rings (SSSR count). The minimum atomic E-state index is -4.46.